The predicted molar refractivity (Wildman–Crippen MR) is 110 cm³/mol. The SMILES string of the molecule is CCCCN(NC(=O)c1ccc(C(C)(C)C)cc1)C(=O)c1cccc(C)c1. The molecule has 2 aromatic carbocycles. The van der Waals surface area contributed by atoms with Crippen LogP contribution in [0.2, 0.25) is 0 Å². The summed E-state index contributed by atoms with van der Waals surface area (Å²) in [5.41, 5.74) is 6.12. The van der Waals surface area contributed by atoms with E-state index in [1.54, 1.807) is 6.07 Å². The molecule has 2 aromatic rings. The molecular weight excluding hydrogens is 336 g/mol. The van der Waals surface area contributed by atoms with Crippen LogP contribution in [0, 0.1) is 6.92 Å². The van der Waals surface area contributed by atoms with E-state index in [9.17, 15) is 9.59 Å². The number of rotatable bonds is 5. The van der Waals surface area contributed by atoms with Crippen molar-refractivity contribution in [2.24, 2.45) is 0 Å². The van der Waals surface area contributed by atoms with E-state index in [-0.39, 0.29) is 17.2 Å². The molecule has 2 amide bonds. The Bertz CT molecular complexity index is 789. The van der Waals surface area contributed by atoms with Gasteiger partial charge in [-0.15, -0.1) is 0 Å². The van der Waals surface area contributed by atoms with Crippen LogP contribution in [0.3, 0.4) is 0 Å². The van der Waals surface area contributed by atoms with Crippen LogP contribution in [-0.2, 0) is 5.41 Å². The summed E-state index contributed by atoms with van der Waals surface area (Å²) in [4.78, 5) is 25.5. The highest BCUT2D eigenvalue weighted by Crippen LogP contribution is 2.22. The monoisotopic (exact) mass is 366 g/mol. The molecule has 0 aliphatic carbocycles. The number of hydrazine groups is 1. The first-order valence-corrected chi connectivity index (χ1v) is 9.52. The van der Waals surface area contributed by atoms with Gasteiger partial charge in [0.2, 0.25) is 0 Å². The largest absolute Gasteiger partial charge is 0.272 e. The summed E-state index contributed by atoms with van der Waals surface area (Å²) >= 11 is 0. The standard InChI is InChI=1S/C23H30N2O2/c1-6-7-15-25(22(27)19-10-8-9-17(2)16-19)24-21(26)18-11-13-20(14-12-18)23(3,4)5/h8-14,16H,6-7,15H2,1-5H3,(H,24,26). The van der Waals surface area contributed by atoms with E-state index in [1.165, 1.54) is 5.01 Å². The second-order valence-electron chi connectivity index (χ2n) is 7.95. The molecule has 144 valence electrons. The minimum atomic E-state index is -0.271. The van der Waals surface area contributed by atoms with Crippen LogP contribution in [0.25, 0.3) is 0 Å². The van der Waals surface area contributed by atoms with E-state index in [0.29, 0.717) is 17.7 Å². The van der Waals surface area contributed by atoms with Crippen LogP contribution in [0.5, 0.6) is 0 Å². The van der Waals surface area contributed by atoms with E-state index in [4.69, 9.17) is 0 Å². The quantitative estimate of drug-likeness (QED) is 0.767. The number of nitrogens with zero attached hydrogens (tertiary/aromatic N) is 1. The van der Waals surface area contributed by atoms with Crippen molar-refractivity contribution in [3.63, 3.8) is 0 Å². The number of aryl methyl sites for hydroxylation is 1. The molecule has 2 rings (SSSR count). The highest BCUT2D eigenvalue weighted by atomic mass is 16.2. The normalized spacial score (nSPS) is 11.1. The molecule has 4 nitrogen and oxygen atoms in total. The zero-order chi connectivity index (χ0) is 20.0. The first-order chi connectivity index (χ1) is 12.7. The van der Waals surface area contributed by atoms with Gasteiger partial charge in [-0.2, -0.15) is 0 Å². The number of unbranched alkanes of at least 4 members (excludes halogenated alkanes) is 1. The zero-order valence-electron chi connectivity index (χ0n) is 17.0. The van der Waals surface area contributed by atoms with Crippen molar-refractivity contribution in [2.75, 3.05) is 6.54 Å². The van der Waals surface area contributed by atoms with Crippen LogP contribution in [0.1, 0.15) is 72.4 Å². The van der Waals surface area contributed by atoms with Gasteiger partial charge < -0.3 is 0 Å². The smallest absolute Gasteiger partial charge is 0.267 e. The predicted octanol–water partition coefficient (Wildman–Crippen LogP) is 4.88. The van der Waals surface area contributed by atoms with Gasteiger partial charge in [0.05, 0.1) is 0 Å². The molecule has 0 spiro atoms. The molecule has 0 unspecified atom stereocenters. The van der Waals surface area contributed by atoms with Gasteiger partial charge in [-0.3, -0.25) is 15.0 Å². The van der Waals surface area contributed by atoms with Crippen molar-refractivity contribution in [1.82, 2.24) is 10.4 Å². The van der Waals surface area contributed by atoms with Crippen LogP contribution in [0.4, 0.5) is 0 Å². The van der Waals surface area contributed by atoms with Gasteiger partial charge in [0, 0.05) is 17.7 Å². The van der Waals surface area contributed by atoms with Crippen molar-refractivity contribution >= 4 is 11.8 Å². The van der Waals surface area contributed by atoms with E-state index >= 15 is 0 Å². The first kappa shape index (κ1) is 20.7. The molecule has 0 atom stereocenters. The molecular formula is C23H30N2O2. The Morgan fingerprint density at radius 3 is 2.22 bits per heavy atom. The van der Waals surface area contributed by atoms with Crippen LogP contribution in [0.15, 0.2) is 48.5 Å². The maximum atomic E-state index is 12.9. The lowest BCUT2D eigenvalue weighted by molar-refractivity contribution is 0.0580. The molecule has 0 fully saturated rings. The van der Waals surface area contributed by atoms with Gasteiger partial charge in [-0.05, 0) is 48.6 Å². The van der Waals surface area contributed by atoms with Crippen molar-refractivity contribution in [2.45, 2.75) is 52.9 Å². The highest BCUT2D eigenvalue weighted by Gasteiger charge is 2.19. The lowest BCUT2D eigenvalue weighted by atomic mass is 9.87. The van der Waals surface area contributed by atoms with Crippen molar-refractivity contribution < 1.29 is 9.59 Å². The van der Waals surface area contributed by atoms with E-state index in [1.807, 2.05) is 49.4 Å². The van der Waals surface area contributed by atoms with Gasteiger partial charge in [0.1, 0.15) is 0 Å². The Kier molecular flexibility index (Phi) is 6.78. The Hall–Kier alpha value is -2.62. The highest BCUT2D eigenvalue weighted by molar-refractivity contribution is 5.99. The Morgan fingerprint density at radius 1 is 1.00 bits per heavy atom. The number of amides is 2. The summed E-state index contributed by atoms with van der Waals surface area (Å²) in [5.74, 6) is -0.459. The van der Waals surface area contributed by atoms with Gasteiger partial charge in [-0.1, -0.05) is 63.9 Å². The third kappa shape index (κ3) is 5.68. The summed E-state index contributed by atoms with van der Waals surface area (Å²) < 4.78 is 0. The molecule has 0 bridgehead atoms. The first-order valence-electron chi connectivity index (χ1n) is 9.52. The van der Waals surface area contributed by atoms with E-state index < -0.39 is 0 Å². The van der Waals surface area contributed by atoms with Crippen molar-refractivity contribution in [3.05, 3.63) is 70.8 Å². The fraction of sp³-hybridized carbons (Fsp3) is 0.391. The van der Waals surface area contributed by atoms with Crippen molar-refractivity contribution in [1.29, 1.82) is 0 Å². The molecule has 0 aliphatic heterocycles. The molecule has 0 aliphatic rings. The number of hydrogen-bond acceptors (Lipinski definition) is 2. The molecule has 0 radical (unpaired) electrons. The fourth-order valence-electron chi connectivity index (χ4n) is 2.77. The van der Waals surface area contributed by atoms with Crippen molar-refractivity contribution in [3.8, 4) is 0 Å². The Labute approximate surface area is 162 Å². The van der Waals surface area contributed by atoms with Crippen LogP contribution < -0.4 is 5.43 Å². The fourth-order valence-corrected chi connectivity index (χ4v) is 2.77. The van der Waals surface area contributed by atoms with Gasteiger partial charge in [-0.25, -0.2) is 5.01 Å². The van der Waals surface area contributed by atoms with Crippen LogP contribution in [-0.4, -0.2) is 23.4 Å². The Morgan fingerprint density at radius 2 is 1.67 bits per heavy atom. The number of nitrogens with one attached hydrogen (secondary N) is 1. The van der Waals surface area contributed by atoms with E-state index in [0.717, 1.165) is 24.0 Å². The van der Waals surface area contributed by atoms with Gasteiger partial charge in [0.15, 0.2) is 0 Å². The number of carbonyl (C=O) groups is 2. The Balaban J connectivity index is 2.17. The van der Waals surface area contributed by atoms with Crippen LogP contribution >= 0.6 is 0 Å². The zero-order valence-corrected chi connectivity index (χ0v) is 17.0. The summed E-state index contributed by atoms with van der Waals surface area (Å²) in [6.07, 6.45) is 1.76. The number of benzene rings is 2. The summed E-state index contributed by atoms with van der Waals surface area (Å²) in [6, 6.07) is 15.0. The lowest BCUT2D eigenvalue weighted by Gasteiger charge is -2.24. The minimum Gasteiger partial charge on any atom is -0.267 e. The molecule has 1 N–H and O–H groups in total. The maximum absolute atomic E-state index is 12.9. The average Bonchev–Trinajstić information content (AvgIpc) is 2.63. The molecule has 27 heavy (non-hydrogen) atoms. The number of hydrogen-bond donors (Lipinski definition) is 1. The average molecular weight is 367 g/mol. The minimum absolute atomic E-state index is 0.0311. The lowest BCUT2D eigenvalue weighted by Crippen LogP contribution is -2.46. The van der Waals surface area contributed by atoms with Gasteiger partial charge in [0.25, 0.3) is 11.8 Å². The third-order valence-electron chi connectivity index (χ3n) is 4.50. The molecule has 4 heteroatoms. The summed E-state index contributed by atoms with van der Waals surface area (Å²) in [6.45, 7) is 10.9. The van der Waals surface area contributed by atoms with E-state index in [2.05, 4.69) is 33.1 Å². The second kappa shape index (κ2) is 8.85. The summed E-state index contributed by atoms with van der Waals surface area (Å²) in [7, 11) is 0. The second-order valence-corrected chi connectivity index (χ2v) is 7.95. The molecule has 0 saturated heterocycles. The molecule has 0 aromatic heterocycles. The molecule has 0 saturated carbocycles. The maximum Gasteiger partial charge on any atom is 0.272 e. The molecule has 0 heterocycles. The topological polar surface area (TPSA) is 49.4 Å². The third-order valence-corrected chi connectivity index (χ3v) is 4.50. The van der Waals surface area contributed by atoms with Gasteiger partial charge >= 0.3 is 0 Å². The number of carbonyl (C=O) groups excluding carboxylic acids is 2. The summed E-state index contributed by atoms with van der Waals surface area (Å²) in [5, 5.41) is 1.43.